The number of anilines is 9. The van der Waals surface area contributed by atoms with E-state index in [1.807, 2.05) is 0 Å². The lowest BCUT2D eigenvalue weighted by atomic mass is 9.33. The second kappa shape index (κ2) is 14.6. The summed E-state index contributed by atoms with van der Waals surface area (Å²) in [7, 11) is 0. The third-order valence-corrected chi connectivity index (χ3v) is 14.8. The lowest BCUT2D eigenvalue weighted by molar-refractivity contribution is 0.590. The quantitative estimate of drug-likeness (QED) is 0.160. The first-order chi connectivity index (χ1) is 32.9. The zero-order valence-corrected chi connectivity index (χ0v) is 39.8. The van der Waals surface area contributed by atoms with Gasteiger partial charge in [0.25, 0.3) is 6.71 Å². The van der Waals surface area contributed by atoms with E-state index in [0.29, 0.717) is 0 Å². The number of nitrogens with zero attached hydrogens (tertiary/aromatic N) is 4. The smallest absolute Gasteiger partial charge is 0.252 e. The van der Waals surface area contributed by atoms with Gasteiger partial charge in [-0.15, -0.1) is 0 Å². The number of aromatic nitrogens is 1. The van der Waals surface area contributed by atoms with Gasteiger partial charge in [-0.2, -0.15) is 0 Å². The van der Waals surface area contributed by atoms with E-state index in [1.165, 1.54) is 100 Å². The van der Waals surface area contributed by atoms with Crippen molar-refractivity contribution in [1.82, 2.24) is 4.57 Å². The van der Waals surface area contributed by atoms with Gasteiger partial charge in [-0.3, -0.25) is 0 Å². The largest absolute Gasteiger partial charge is 0.311 e. The topological polar surface area (TPSA) is 14.7 Å². The standard InChI is InChI=1S/C63H53BN4/c1-40-37-57-59-58(38-40)68-54-21-13-18-50-49-17-11-12-20-53(49)67(60(50)54)55-22-14-19-52(61(55)68)64(59)51-36-35-48(39-56(51)66(57)47-29-23-42(24-30-47)41-15-9-8-10-16-41)65(45-31-25-43(26-32-45)62(2,3)4)46-33-27-44(28-34-46)63(5,6)7/h8-39H,1-7H3. The Balaban J connectivity index is 1.07. The van der Waals surface area contributed by atoms with Crippen molar-refractivity contribution >= 4 is 96.1 Å². The molecule has 13 rings (SSSR count). The van der Waals surface area contributed by atoms with Crippen LogP contribution in [0.15, 0.2) is 194 Å². The van der Waals surface area contributed by atoms with Gasteiger partial charge in [0.15, 0.2) is 0 Å². The summed E-state index contributed by atoms with van der Waals surface area (Å²) in [6, 6.07) is 73.2. The maximum Gasteiger partial charge on any atom is 0.252 e. The highest BCUT2D eigenvalue weighted by atomic mass is 15.2. The van der Waals surface area contributed by atoms with Crippen LogP contribution >= 0.6 is 0 Å². The third-order valence-electron chi connectivity index (χ3n) is 14.8. The molecule has 0 atom stereocenters. The van der Waals surface area contributed by atoms with E-state index in [1.54, 1.807) is 0 Å². The van der Waals surface area contributed by atoms with Crippen LogP contribution in [0.4, 0.5) is 51.2 Å². The van der Waals surface area contributed by atoms with Gasteiger partial charge in [0, 0.05) is 50.6 Å². The molecule has 328 valence electrons. The van der Waals surface area contributed by atoms with Gasteiger partial charge in [0.2, 0.25) is 0 Å². The SMILES string of the molecule is Cc1cc2c3c(c1)N1c4c(cccc4-n4c5ccccc5c5cccc1c54)B3c1ccc(N(c3ccc(C(C)(C)C)cc3)c3ccc(C(C)(C)C)cc3)cc1N2c1ccc(-c2ccccc2)cc1. The van der Waals surface area contributed by atoms with Gasteiger partial charge < -0.3 is 19.3 Å². The molecule has 68 heavy (non-hydrogen) atoms. The normalized spacial score (nSPS) is 13.4. The minimum atomic E-state index is -0.0103. The molecular formula is C63H53BN4. The first-order valence-electron chi connectivity index (χ1n) is 24.1. The molecule has 0 amide bonds. The molecule has 0 saturated heterocycles. The summed E-state index contributed by atoms with van der Waals surface area (Å²) < 4.78 is 2.53. The Labute approximate surface area is 400 Å². The van der Waals surface area contributed by atoms with Gasteiger partial charge >= 0.3 is 0 Å². The minimum absolute atomic E-state index is 0.0103. The molecule has 5 heteroatoms. The van der Waals surface area contributed by atoms with Gasteiger partial charge in [-0.05, 0) is 141 Å². The van der Waals surface area contributed by atoms with E-state index >= 15 is 0 Å². The van der Waals surface area contributed by atoms with Crippen LogP contribution in [0.3, 0.4) is 0 Å². The highest BCUT2D eigenvalue weighted by Gasteiger charge is 2.46. The Hall–Kier alpha value is -7.76. The molecule has 4 nitrogen and oxygen atoms in total. The Morgan fingerprint density at radius 3 is 1.68 bits per heavy atom. The van der Waals surface area contributed by atoms with Crippen LogP contribution in [0.25, 0.3) is 38.6 Å². The summed E-state index contributed by atoms with van der Waals surface area (Å²) in [6.07, 6.45) is 0. The predicted molar refractivity (Wildman–Crippen MR) is 291 cm³/mol. The van der Waals surface area contributed by atoms with Crippen LogP contribution in [0, 0.1) is 6.92 Å². The average molecular weight is 877 g/mol. The summed E-state index contributed by atoms with van der Waals surface area (Å²) >= 11 is 0. The summed E-state index contributed by atoms with van der Waals surface area (Å²) in [5.74, 6) is 0. The third kappa shape index (κ3) is 6.01. The van der Waals surface area contributed by atoms with Crippen molar-refractivity contribution in [3.63, 3.8) is 0 Å². The van der Waals surface area contributed by atoms with Crippen LogP contribution in [-0.2, 0) is 10.8 Å². The summed E-state index contributed by atoms with van der Waals surface area (Å²) in [4.78, 5) is 7.59. The van der Waals surface area contributed by atoms with Crippen LogP contribution in [-0.4, -0.2) is 11.3 Å². The number of para-hydroxylation sites is 3. The number of benzene rings is 9. The van der Waals surface area contributed by atoms with Crippen LogP contribution in [0.2, 0.25) is 0 Å². The first kappa shape index (κ1) is 40.5. The first-order valence-corrected chi connectivity index (χ1v) is 24.1. The zero-order chi connectivity index (χ0) is 46.2. The number of hydrogen-bond donors (Lipinski definition) is 0. The summed E-state index contributed by atoms with van der Waals surface area (Å²) in [5, 5.41) is 2.56. The van der Waals surface area contributed by atoms with Crippen molar-refractivity contribution in [3.8, 4) is 16.8 Å². The number of fused-ring (bicyclic) bond motifs is 9. The zero-order valence-electron chi connectivity index (χ0n) is 39.8. The molecule has 4 heterocycles. The Morgan fingerprint density at radius 2 is 1.00 bits per heavy atom. The summed E-state index contributed by atoms with van der Waals surface area (Å²) in [6.45, 7) is 16.0. The minimum Gasteiger partial charge on any atom is -0.311 e. The van der Waals surface area contributed by atoms with E-state index in [2.05, 4.69) is 262 Å². The second-order valence-electron chi connectivity index (χ2n) is 21.1. The van der Waals surface area contributed by atoms with Gasteiger partial charge in [0.1, 0.15) is 0 Å². The van der Waals surface area contributed by atoms with Crippen molar-refractivity contribution < 1.29 is 0 Å². The van der Waals surface area contributed by atoms with Crippen molar-refractivity contribution in [1.29, 1.82) is 0 Å². The fourth-order valence-electron chi connectivity index (χ4n) is 11.5. The molecule has 0 fully saturated rings. The highest BCUT2D eigenvalue weighted by molar-refractivity contribution is 7.00. The molecule has 0 bridgehead atoms. The van der Waals surface area contributed by atoms with E-state index in [4.69, 9.17) is 0 Å². The fraction of sp³-hybridized carbons (Fsp3) is 0.143. The number of hydrogen-bond acceptors (Lipinski definition) is 3. The van der Waals surface area contributed by atoms with Crippen molar-refractivity contribution in [3.05, 3.63) is 211 Å². The molecule has 0 radical (unpaired) electrons. The fourth-order valence-corrected chi connectivity index (χ4v) is 11.5. The van der Waals surface area contributed by atoms with Crippen LogP contribution in [0.1, 0.15) is 58.2 Å². The lowest BCUT2D eigenvalue weighted by Gasteiger charge is -2.46. The molecule has 0 unspecified atom stereocenters. The van der Waals surface area contributed by atoms with E-state index in [9.17, 15) is 0 Å². The van der Waals surface area contributed by atoms with Crippen LogP contribution < -0.4 is 31.1 Å². The molecule has 3 aliphatic heterocycles. The molecule has 0 saturated carbocycles. The molecule has 0 spiro atoms. The molecule has 0 N–H and O–H groups in total. The number of aryl methyl sites for hydroxylation is 1. The molecular weight excluding hydrogens is 824 g/mol. The second-order valence-corrected chi connectivity index (χ2v) is 21.1. The van der Waals surface area contributed by atoms with E-state index in [-0.39, 0.29) is 17.5 Å². The van der Waals surface area contributed by atoms with Gasteiger partial charge in [0.05, 0.1) is 28.1 Å². The molecule has 1 aromatic heterocycles. The predicted octanol–water partition coefficient (Wildman–Crippen LogP) is 15.2. The number of rotatable bonds is 5. The highest BCUT2D eigenvalue weighted by Crippen LogP contribution is 2.53. The Kier molecular flexibility index (Phi) is 8.71. The molecule has 0 aliphatic carbocycles. The van der Waals surface area contributed by atoms with Crippen LogP contribution in [0.5, 0.6) is 0 Å². The average Bonchev–Trinajstić information content (AvgIpc) is 3.69. The maximum atomic E-state index is 2.59. The lowest BCUT2D eigenvalue weighted by Crippen LogP contribution is -2.61. The Bertz CT molecular complexity index is 3590. The van der Waals surface area contributed by atoms with Crippen molar-refractivity contribution in [2.45, 2.75) is 59.3 Å². The van der Waals surface area contributed by atoms with E-state index < -0.39 is 0 Å². The van der Waals surface area contributed by atoms with Gasteiger partial charge in [-0.25, -0.2) is 0 Å². The molecule has 3 aliphatic rings. The Morgan fingerprint density at radius 1 is 0.426 bits per heavy atom. The maximum absolute atomic E-state index is 2.59. The van der Waals surface area contributed by atoms with Crippen molar-refractivity contribution in [2.24, 2.45) is 0 Å². The molecule has 10 aromatic rings. The van der Waals surface area contributed by atoms with Crippen molar-refractivity contribution in [2.75, 3.05) is 14.7 Å². The monoisotopic (exact) mass is 876 g/mol. The van der Waals surface area contributed by atoms with E-state index in [0.717, 1.165) is 22.7 Å². The summed E-state index contributed by atoms with van der Waals surface area (Å²) in [5.41, 5.74) is 24.6. The van der Waals surface area contributed by atoms with Gasteiger partial charge in [-0.1, -0.05) is 157 Å². The molecule has 9 aromatic carbocycles.